The van der Waals surface area contributed by atoms with E-state index in [2.05, 4.69) is 13.8 Å². The predicted molar refractivity (Wildman–Crippen MR) is 128 cm³/mol. The molecule has 0 amide bonds. The van der Waals surface area contributed by atoms with Gasteiger partial charge in [0.25, 0.3) is 0 Å². The van der Waals surface area contributed by atoms with Crippen molar-refractivity contribution in [3.8, 4) is 0 Å². The Morgan fingerprint density at radius 1 is 1.19 bits per heavy atom. The van der Waals surface area contributed by atoms with Gasteiger partial charge < -0.3 is 16.6 Å². The number of rotatable bonds is 6. The Morgan fingerprint density at radius 2 is 1.84 bits per heavy atom. The Bertz CT molecular complexity index is 865. The Morgan fingerprint density at radius 3 is 2.38 bits per heavy atom. The van der Waals surface area contributed by atoms with Gasteiger partial charge in [-0.15, -0.1) is 0 Å². The molecule has 4 unspecified atom stereocenters. The summed E-state index contributed by atoms with van der Waals surface area (Å²) in [5.74, 6) is -0.901. The molecule has 1 aliphatic rings. The van der Waals surface area contributed by atoms with Crippen LogP contribution in [0.5, 0.6) is 0 Å². The molecular weight excluding hydrogens is 455 g/mol. The first kappa shape index (κ1) is 27.0. The quantitative estimate of drug-likeness (QED) is 0.526. The molecule has 1 heterocycles. The normalized spacial score (nSPS) is 22.4. The monoisotopic (exact) mass is 487 g/mol. The van der Waals surface area contributed by atoms with Gasteiger partial charge in [0.1, 0.15) is 17.9 Å². The summed E-state index contributed by atoms with van der Waals surface area (Å²) in [4.78, 5) is 1.97. The summed E-state index contributed by atoms with van der Waals surface area (Å²) in [7, 11) is 0. The predicted octanol–water partition coefficient (Wildman–Crippen LogP) is 5.16. The van der Waals surface area contributed by atoms with Crippen molar-refractivity contribution in [1.29, 1.82) is 0 Å². The van der Waals surface area contributed by atoms with E-state index in [-0.39, 0.29) is 34.3 Å². The maximum Gasteiger partial charge on any atom is 0.145 e. The lowest BCUT2D eigenvalue weighted by molar-refractivity contribution is -0.00429. The third kappa shape index (κ3) is 7.11. The number of hydrogen-bond acceptors (Lipinski definition) is 4. The first-order chi connectivity index (χ1) is 15.0. The smallest absolute Gasteiger partial charge is 0.145 e. The molecule has 0 saturated carbocycles. The molecule has 1 aliphatic heterocycles. The average Bonchev–Trinajstić information content (AvgIpc) is 3.00. The molecule has 3 rings (SSSR count). The molecule has 1 saturated heterocycles. The SMILES string of the molecule is CC(O)N1CC(c2cccc(Cl)c2F)C(N)C1CC(C)(C)CCN.Fc1cccc(Cl)c1. The van der Waals surface area contributed by atoms with Crippen LogP contribution in [0.25, 0.3) is 0 Å². The van der Waals surface area contributed by atoms with Gasteiger partial charge in [-0.1, -0.05) is 55.2 Å². The van der Waals surface area contributed by atoms with Gasteiger partial charge in [0, 0.05) is 29.6 Å². The van der Waals surface area contributed by atoms with E-state index in [1.165, 1.54) is 18.2 Å². The van der Waals surface area contributed by atoms with E-state index in [1.54, 1.807) is 31.2 Å². The molecule has 178 valence electrons. The lowest BCUT2D eigenvalue weighted by Gasteiger charge is -2.35. The molecule has 2 aromatic carbocycles. The van der Waals surface area contributed by atoms with E-state index in [1.807, 2.05) is 4.90 Å². The summed E-state index contributed by atoms with van der Waals surface area (Å²) >= 11 is 11.3. The van der Waals surface area contributed by atoms with Crippen molar-refractivity contribution in [1.82, 2.24) is 4.90 Å². The lowest BCUT2D eigenvalue weighted by Crippen LogP contribution is -2.46. The number of nitrogens with two attached hydrogens (primary N) is 2. The minimum absolute atomic E-state index is 0.00590. The minimum Gasteiger partial charge on any atom is -0.379 e. The summed E-state index contributed by atoms with van der Waals surface area (Å²) in [6.45, 7) is 7.15. The Labute approximate surface area is 199 Å². The van der Waals surface area contributed by atoms with E-state index >= 15 is 0 Å². The second-order valence-electron chi connectivity index (χ2n) is 9.07. The minimum atomic E-state index is -0.637. The Kier molecular flexibility index (Phi) is 9.88. The highest BCUT2D eigenvalue weighted by Crippen LogP contribution is 2.40. The van der Waals surface area contributed by atoms with Crippen LogP contribution in [0.4, 0.5) is 8.78 Å². The van der Waals surface area contributed by atoms with E-state index in [9.17, 15) is 13.9 Å². The van der Waals surface area contributed by atoms with Crippen molar-refractivity contribution in [3.63, 3.8) is 0 Å². The zero-order valence-corrected chi connectivity index (χ0v) is 20.3. The van der Waals surface area contributed by atoms with Gasteiger partial charge in [-0.05, 0) is 61.6 Å². The van der Waals surface area contributed by atoms with Crippen LogP contribution in [0.2, 0.25) is 10.0 Å². The first-order valence-electron chi connectivity index (χ1n) is 10.7. The summed E-state index contributed by atoms with van der Waals surface area (Å²) in [6, 6.07) is 10.5. The molecule has 0 aliphatic carbocycles. The fourth-order valence-corrected chi connectivity index (χ4v) is 4.65. The molecule has 5 N–H and O–H groups in total. The van der Waals surface area contributed by atoms with E-state index in [4.69, 9.17) is 34.7 Å². The van der Waals surface area contributed by atoms with Gasteiger partial charge in [-0.3, -0.25) is 4.90 Å². The first-order valence-corrected chi connectivity index (χ1v) is 11.5. The summed E-state index contributed by atoms with van der Waals surface area (Å²) in [5, 5.41) is 10.7. The molecular formula is C24H33Cl2F2N3O. The largest absolute Gasteiger partial charge is 0.379 e. The van der Waals surface area contributed by atoms with Gasteiger partial charge in [0.2, 0.25) is 0 Å². The molecule has 0 aromatic heterocycles. The molecule has 0 bridgehead atoms. The van der Waals surface area contributed by atoms with Crippen LogP contribution in [0, 0.1) is 17.0 Å². The van der Waals surface area contributed by atoms with Gasteiger partial charge in [0.15, 0.2) is 0 Å². The number of likely N-dealkylation sites (tertiary alicyclic amines) is 1. The van der Waals surface area contributed by atoms with Crippen LogP contribution in [0.15, 0.2) is 42.5 Å². The van der Waals surface area contributed by atoms with Gasteiger partial charge >= 0.3 is 0 Å². The fourth-order valence-electron chi connectivity index (χ4n) is 4.29. The van der Waals surface area contributed by atoms with Crippen LogP contribution in [-0.4, -0.2) is 41.4 Å². The Balaban J connectivity index is 0.000000380. The zero-order chi connectivity index (χ0) is 24.1. The van der Waals surface area contributed by atoms with Crippen molar-refractivity contribution >= 4 is 23.2 Å². The highest BCUT2D eigenvalue weighted by Gasteiger charge is 2.44. The number of benzene rings is 2. The van der Waals surface area contributed by atoms with Gasteiger partial charge in [-0.2, -0.15) is 0 Å². The van der Waals surface area contributed by atoms with Crippen molar-refractivity contribution in [2.45, 2.75) is 57.8 Å². The molecule has 1 fully saturated rings. The van der Waals surface area contributed by atoms with Crippen LogP contribution in [0.3, 0.4) is 0 Å². The summed E-state index contributed by atoms with van der Waals surface area (Å²) < 4.78 is 26.5. The maximum atomic E-state index is 14.5. The zero-order valence-electron chi connectivity index (χ0n) is 18.7. The average molecular weight is 488 g/mol. The number of aliphatic hydroxyl groups is 1. The van der Waals surface area contributed by atoms with Crippen molar-refractivity contribution in [2.75, 3.05) is 13.1 Å². The fraction of sp³-hybridized carbons (Fsp3) is 0.500. The van der Waals surface area contributed by atoms with Crippen molar-refractivity contribution in [3.05, 3.63) is 69.7 Å². The molecule has 4 nitrogen and oxygen atoms in total. The van der Waals surface area contributed by atoms with Crippen LogP contribution >= 0.6 is 23.2 Å². The topological polar surface area (TPSA) is 75.5 Å². The number of hydrogen-bond donors (Lipinski definition) is 3. The van der Waals surface area contributed by atoms with E-state index in [0.717, 1.165) is 12.8 Å². The molecule has 2 aromatic rings. The number of nitrogens with zero attached hydrogens (tertiary/aromatic N) is 1. The number of aliphatic hydroxyl groups excluding tert-OH is 1. The van der Waals surface area contributed by atoms with Crippen molar-refractivity contribution in [2.24, 2.45) is 16.9 Å². The van der Waals surface area contributed by atoms with Crippen LogP contribution < -0.4 is 11.5 Å². The molecule has 8 heteroatoms. The number of halogens is 4. The molecule has 4 atom stereocenters. The second kappa shape index (κ2) is 11.7. The van der Waals surface area contributed by atoms with Gasteiger partial charge in [-0.25, -0.2) is 8.78 Å². The summed E-state index contributed by atoms with van der Waals surface area (Å²) in [6.07, 6.45) is 1.04. The summed E-state index contributed by atoms with van der Waals surface area (Å²) in [5.41, 5.74) is 12.8. The maximum absolute atomic E-state index is 14.5. The highest BCUT2D eigenvalue weighted by atomic mass is 35.5. The molecule has 0 radical (unpaired) electrons. The van der Waals surface area contributed by atoms with E-state index < -0.39 is 12.0 Å². The lowest BCUT2D eigenvalue weighted by atomic mass is 9.79. The van der Waals surface area contributed by atoms with Crippen LogP contribution in [-0.2, 0) is 0 Å². The standard InChI is InChI=1S/C18H29ClFN3O.C6H4ClF/c1-11(24)23-10-13(12-5-4-6-14(19)16(12)20)17(22)15(23)9-18(2,3)7-8-21;7-5-2-1-3-6(8)4-5/h4-6,11,13,15,17,24H,7-10,21-22H2,1-3H3;1-4H. The van der Waals surface area contributed by atoms with Gasteiger partial charge in [0.05, 0.1) is 5.02 Å². The third-order valence-corrected chi connectivity index (χ3v) is 6.50. The second-order valence-corrected chi connectivity index (χ2v) is 9.91. The van der Waals surface area contributed by atoms with Crippen molar-refractivity contribution < 1.29 is 13.9 Å². The third-order valence-electron chi connectivity index (χ3n) is 5.97. The van der Waals surface area contributed by atoms with Crippen LogP contribution in [0.1, 0.15) is 45.1 Å². The molecule has 0 spiro atoms. The molecule has 32 heavy (non-hydrogen) atoms. The Hall–Kier alpha value is -1.28. The highest BCUT2D eigenvalue weighted by molar-refractivity contribution is 6.31. The van der Waals surface area contributed by atoms with E-state index in [0.29, 0.717) is 23.7 Å².